The maximum atomic E-state index is 12.1. The van der Waals surface area contributed by atoms with Gasteiger partial charge in [-0.2, -0.15) is 0 Å². The molecule has 0 aliphatic rings. The van der Waals surface area contributed by atoms with Crippen LogP contribution >= 0.6 is 7.82 Å². The zero-order chi connectivity index (χ0) is 41.8. The molecule has 0 bridgehead atoms. The number of hydrogen-bond donors (Lipinski definition) is 3. The van der Waals surface area contributed by atoms with Gasteiger partial charge in [0, 0.05) is 19.4 Å². The first kappa shape index (κ1) is 54.5. The number of ether oxygens (including phenoxy) is 1. The Hall–Kier alpha value is -2.55. The molecule has 0 aliphatic carbocycles. The molecular weight excluding hydrogens is 737 g/mol. The van der Waals surface area contributed by atoms with Gasteiger partial charge in [0.25, 0.3) is 0 Å². The molecule has 0 aliphatic heterocycles. The minimum Gasteiger partial charge on any atom is -0.463 e. The van der Waals surface area contributed by atoms with Crippen molar-refractivity contribution in [3.05, 3.63) is 72.9 Å². The highest BCUT2D eigenvalue weighted by Crippen LogP contribution is 2.42. The lowest BCUT2D eigenvalue weighted by atomic mass is 10.0. The van der Waals surface area contributed by atoms with Crippen molar-refractivity contribution in [2.45, 2.75) is 187 Å². The van der Waals surface area contributed by atoms with Gasteiger partial charge in [0.15, 0.2) is 0 Å². The Balaban J connectivity index is 3.61. The molecule has 0 saturated heterocycles. The van der Waals surface area contributed by atoms with E-state index in [0.29, 0.717) is 12.8 Å². The lowest BCUT2D eigenvalue weighted by molar-refractivity contribution is -0.147. The van der Waals surface area contributed by atoms with E-state index in [2.05, 4.69) is 92.1 Å². The van der Waals surface area contributed by atoms with E-state index in [0.717, 1.165) is 70.6 Å². The third-order valence-corrected chi connectivity index (χ3v) is 10.1. The Morgan fingerprint density at radius 3 is 1.53 bits per heavy atom. The van der Waals surface area contributed by atoms with Gasteiger partial charge >= 0.3 is 13.8 Å². The van der Waals surface area contributed by atoms with Crippen LogP contribution in [-0.4, -0.2) is 54.3 Å². The normalized spacial score (nSPS) is 14.0. The second-order valence-electron chi connectivity index (χ2n) is 14.6. The molecule has 3 N–H and O–H groups in total. The van der Waals surface area contributed by atoms with E-state index in [1.54, 1.807) is 0 Å². The van der Waals surface area contributed by atoms with E-state index in [1.165, 1.54) is 77.0 Å². The van der Waals surface area contributed by atoms with E-state index < -0.39 is 26.5 Å². The summed E-state index contributed by atoms with van der Waals surface area (Å²) in [6, 6.07) is 0. The third kappa shape index (κ3) is 44.4. The summed E-state index contributed by atoms with van der Waals surface area (Å²) in [5.41, 5.74) is 0. The van der Waals surface area contributed by atoms with Gasteiger partial charge in [-0.25, -0.2) is 4.57 Å². The fraction of sp³-hybridized carbons (Fsp3) is 0.702. The number of rotatable bonds is 41. The number of carbonyl (C=O) groups excluding carboxylic acids is 2. The summed E-state index contributed by atoms with van der Waals surface area (Å²) < 4.78 is 26.8. The lowest BCUT2D eigenvalue weighted by Crippen LogP contribution is -2.27. The Morgan fingerprint density at radius 2 is 1.00 bits per heavy atom. The van der Waals surface area contributed by atoms with Crippen molar-refractivity contribution in [1.29, 1.82) is 0 Å². The molecule has 1 amide bonds. The predicted octanol–water partition coefficient (Wildman–Crippen LogP) is 12.7. The smallest absolute Gasteiger partial charge is 0.463 e. The first-order valence-electron chi connectivity index (χ1n) is 22.4. The minimum absolute atomic E-state index is 0.0722. The number of esters is 1. The summed E-state index contributed by atoms with van der Waals surface area (Å²) in [5, 5.41) is 12.7. The van der Waals surface area contributed by atoms with Gasteiger partial charge < -0.3 is 20.1 Å². The van der Waals surface area contributed by atoms with Crippen molar-refractivity contribution in [3.8, 4) is 0 Å². The van der Waals surface area contributed by atoms with Crippen LogP contribution in [0.15, 0.2) is 72.9 Å². The molecule has 0 fully saturated rings. The summed E-state index contributed by atoms with van der Waals surface area (Å²) in [6.07, 6.45) is 52.7. The van der Waals surface area contributed by atoms with E-state index >= 15 is 0 Å². The quantitative estimate of drug-likeness (QED) is 0.0240. The number of carbonyl (C=O) groups is 2. The number of aliphatic hydroxyl groups excluding tert-OH is 1. The highest BCUT2D eigenvalue weighted by molar-refractivity contribution is 7.47. The highest BCUT2D eigenvalue weighted by Gasteiger charge is 2.23. The zero-order valence-corrected chi connectivity index (χ0v) is 36.9. The molecule has 9 nitrogen and oxygen atoms in total. The van der Waals surface area contributed by atoms with Crippen LogP contribution in [0.3, 0.4) is 0 Å². The average Bonchev–Trinajstić information content (AvgIpc) is 3.20. The molecule has 2 unspecified atom stereocenters. The maximum Gasteiger partial charge on any atom is 0.472 e. The molecule has 0 aromatic heterocycles. The molecule has 0 spiro atoms. The molecule has 10 heteroatoms. The standard InChI is InChI=1S/C47H82NO8P/c1-3-5-7-9-11-13-15-17-18-19-20-21-22-23-24-25-26-28-29-31-33-35-37-39-46(50)48-41-42-55-57(52,53)56-44-45(49)43-54-47(51)40-38-36-34-32-30-27-16-14-12-10-8-6-4-2/h6,8,11-14,17-18,20-21,27,30,45,49H,3-5,7,9-10,15-16,19,22-26,28-29,31-44H2,1-2H3,(H,48,50)(H,52,53)/b8-6-,13-11-,14-12-,18-17-,21-20-,30-27-. The van der Waals surface area contributed by atoms with Gasteiger partial charge in [-0.1, -0.05) is 157 Å². The molecule has 57 heavy (non-hydrogen) atoms. The number of hydrogen-bond acceptors (Lipinski definition) is 7. The summed E-state index contributed by atoms with van der Waals surface area (Å²) in [7, 11) is -4.43. The van der Waals surface area contributed by atoms with Crippen molar-refractivity contribution in [1.82, 2.24) is 5.32 Å². The van der Waals surface area contributed by atoms with Crippen molar-refractivity contribution >= 4 is 19.7 Å². The van der Waals surface area contributed by atoms with E-state index in [1.807, 2.05) is 0 Å². The van der Waals surface area contributed by atoms with Crippen LogP contribution in [0, 0.1) is 0 Å². The van der Waals surface area contributed by atoms with Crippen molar-refractivity contribution in [3.63, 3.8) is 0 Å². The van der Waals surface area contributed by atoms with Gasteiger partial charge in [-0.05, 0) is 83.5 Å². The fourth-order valence-corrected chi connectivity index (χ4v) is 6.51. The molecular formula is C47H82NO8P. The second kappa shape index (κ2) is 43.0. The number of phosphoric acid groups is 1. The van der Waals surface area contributed by atoms with E-state index in [9.17, 15) is 24.2 Å². The van der Waals surface area contributed by atoms with E-state index in [4.69, 9.17) is 13.8 Å². The fourth-order valence-electron chi connectivity index (χ4n) is 5.75. The number of aliphatic hydroxyl groups is 1. The SMILES string of the molecule is CC/C=C\C/C=C\C/C=C\CCCCCC(=O)OCC(O)COP(=O)(O)OCCNC(=O)CCCCCCCCCCCC/C=C\C/C=C\C/C=C\CCCCC. The zero-order valence-electron chi connectivity index (χ0n) is 36.0. The number of nitrogens with one attached hydrogen (secondary N) is 1. The summed E-state index contributed by atoms with van der Waals surface area (Å²) in [5.74, 6) is -0.555. The van der Waals surface area contributed by atoms with Crippen molar-refractivity contribution < 1.29 is 37.9 Å². The van der Waals surface area contributed by atoms with Gasteiger partial charge in [0.1, 0.15) is 12.7 Å². The molecule has 0 heterocycles. The topological polar surface area (TPSA) is 131 Å². The number of unbranched alkanes of at least 4 members (excludes halogenated alkanes) is 16. The summed E-state index contributed by atoms with van der Waals surface area (Å²) in [6.45, 7) is 3.36. The lowest BCUT2D eigenvalue weighted by Gasteiger charge is -2.15. The summed E-state index contributed by atoms with van der Waals surface area (Å²) >= 11 is 0. The van der Waals surface area contributed by atoms with Gasteiger partial charge in [-0.15, -0.1) is 0 Å². The Labute approximate surface area is 348 Å². The van der Waals surface area contributed by atoms with Crippen LogP contribution in [0.4, 0.5) is 0 Å². The Morgan fingerprint density at radius 1 is 0.561 bits per heavy atom. The Bertz CT molecular complexity index is 1160. The van der Waals surface area contributed by atoms with Crippen LogP contribution in [-0.2, 0) is 27.9 Å². The Kier molecular flexibility index (Phi) is 41.1. The largest absolute Gasteiger partial charge is 0.472 e. The first-order chi connectivity index (χ1) is 27.8. The predicted molar refractivity (Wildman–Crippen MR) is 238 cm³/mol. The van der Waals surface area contributed by atoms with E-state index in [-0.39, 0.29) is 32.1 Å². The van der Waals surface area contributed by atoms with Gasteiger partial charge in [-0.3, -0.25) is 18.6 Å². The van der Waals surface area contributed by atoms with Gasteiger partial charge in [0.05, 0.1) is 13.2 Å². The van der Waals surface area contributed by atoms with Crippen LogP contribution in [0.5, 0.6) is 0 Å². The van der Waals surface area contributed by atoms with Crippen molar-refractivity contribution in [2.24, 2.45) is 0 Å². The number of amides is 1. The number of allylic oxidation sites excluding steroid dienone is 12. The molecule has 0 aromatic rings. The maximum absolute atomic E-state index is 12.1. The van der Waals surface area contributed by atoms with Crippen molar-refractivity contribution in [2.75, 3.05) is 26.4 Å². The molecule has 0 rings (SSSR count). The third-order valence-electron chi connectivity index (χ3n) is 9.12. The molecule has 0 aromatic carbocycles. The molecule has 2 atom stereocenters. The van der Waals surface area contributed by atoms with Crippen LogP contribution in [0.1, 0.15) is 181 Å². The monoisotopic (exact) mass is 820 g/mol. The second-order valence-corrected chi connectivity index (χ2v) is 16.1. The van der Waals surface area contributed by atoms with Gasteiger partial charge in [0.2, 0.25) is 5.91 Å². The molecule has 0 saturated carbocycles. The summed E-state index contributed by atoms with van der Waals surface area (Å²) in [4.78, 5) is 33.9. The molecule has 0 radical (unpaired) electrons. The van der Waals surface area contributed by atoms with Crippen LogP contribution in [0.25, 0.3) is 0 Å². The minimum atomic E-state index is -4.43. The number of phosphoric ester groups is 1. The van der Waals surface area contributed by atoms with Crippen LogP contribution in [0.2, 0.25) is 0 Å². The van der Waals surface area contributed by atoms with Crippen LogP contribution < -0.4 is 5.32 Å². The molecule has 328 valence electrons. The first-order valence-corrected chi connectivity index (χ1v) is 23.9. The average molecular weight is 820 g/mol. The highest BCUT2D eigenvalue weighted by atomic mass is 31.2.